The summed E-state index contributed by atoms with van der Waals surface area (Å²) in [5, 5.41) is 2.49. The van der Waals surface area contributed by atoms with Crippen molar-refractivity contribution in [2.24, 2.45) is 0 Å². The van der Waals surface area contributed by atoms with E-state index in [1.165, 1.54) is 61.3 Å². The molecule has 2 aromatic carbocycles. The molecule has 1 heteroatoms. The van der Waals surface area contributed by atoms with Crippen LogP contribution in [-0.4, -0.2) is 5.78 Å². The maximum atomic E-state index is 11.7. The molecule has 0 N–H and O–H groups in total. The standard InChI is InChI=1S/C21H28O/c1-3-4-5-6-7-8-9-12-18-15-20(17(2)22)16-19-13-10-11-14-21(18)19/h10-11,13-16H,3-9,12H2,1-2H3. The van der Waals surface area contributed by atoms with Gasteiger partial charge >= 0.3 is 0 Å². The molecule has 0 radical (unpaired) electrons. The highest BCUT2D eigenvalue weighted by Crippen LogP contribution is 2.23. The molecular weight excluding hydrogens is 268 g/mol. The third-order valence-corrected chi connectivity index (χ3v) is 4.40. The normalized spacial score (nSPS) is 11.0. The lowest BCUT2D eigenvalue weighted by Gasteiger charge is -2.09. The van der Waals surface area contributed by atoms with Crippen LogP contribution in [0.3, 0.4) is 0 Å². The van der Waals surface area contributed by atoms with Crippen molar-refractivity contribution in [2.75, 3.05) is 0 Å². The predicted octanol–water partition coefficient (Wildman–Crippen LogP) is 6.34. The average molecular weight is 296 g/mol. The second-order valence-corrected chi connectivity index (χ2v) is 6.28. The minimum absolute atomic E-state index is 0.159. The number of unbranched alkanes of at least 4 members (excludes halogenated alkanes) is 6. The number of Topliss-reactive ketones (excluding diaryl/α,β-unsaturated/α-hetero) is 1. The van der Waals surface area contributed by atoms with Crippen molar-refractivity contribution in [1.82, 2.24) is 0 Å². The Morgan fingerprint density at radius 2 is 1.59 bits per heavy atom. The van der Waals surface area contributed by atoms with Gasteiger partial charge in [0.15, 0.2) is 5.78 Å². The van der Waals surface area contributed by atoms with Gasteiger partial charge in [-0.2, -0.15) is 0 Å². The smallest absolute Gasteiger partial charge is 0.159 e. The molecule has 2 aromatic rings. The van der Waals surface area contributed by atoms with Crippen LogP contribution in [0.4, 0.5) is 0 Å². The van der Waals surface area contributed by atoms with E-state index in [-0.39, 0.29) is 5.78 Å². The van der Waals surface area contributed by atoms with Gasteiger partial charge in [-0.15, -0.1) is 0 Å². The average Bonchev–Trinajstić information content (AvgIpc) is 2.53. The number of ketones is 1. The minimum atomic E-state index is 0.159. The molecule has 0 aromatic heterocycles. The molecule has 0 aliphatic carbocycles. The van der Waals surface area contributed by atoms with Crippen molar-refractivity contribution in [1.29, 1.82) is 0 Å². The summed E-state index contributed by atoms with van der Waals surface area (Å²) in [5.41, 5.74) is 2.17. The Morgan fingerprint density at radius 3 is 2.32 bits per heavy atom. The molecule has 0 amide bonds. The summed E-state index contributed by atoms with van der Waals surface area (Å²) in [6, 6.07) is 12.5. The summed E-state index contributed by atoms with van der Waals surface area (Å²) < 4.78 is 0. The molecule has 0 bridgehead atoms. The molecule has 0 aliphatic rings. The van der Waals surface area contributed by atoms with E-state index in [0.717, 1.165) is 12.0 Å². The molecule has 0 unspecified atom stereocenters. The zero-order valence-corrected chi connectivity index (χ0v) is 14.0. The molecule has 22 heavy (non-hydrogen) atoms. The van der Waals surface area contributed by atoms with Gasteiger partial charge in [0.1, 0.15) is 0 Å². The molecule has 0 atom stereocenters. The van der Waals surface area contributed by atoms with Gasteiger partial charge in [-0.05, 0) is 48.2 Å². The molecule has 118 valence electrons. The van der Waals surface area contributed by atoms with Gasteiger partial charge in [0.05, 0.1) is 0 Å². The second-order valence-electron chi connectivity index (χ2n) is 6.28. The van der Waals surface area contributed by atoms with Crippen LogP contribution < -0.4 is 0 Å². The summed E-state index contributed by atoms with van der Waals surface area (Å²) in [5.74, 6) is 0.159. The monoisotopic (exact) mass is 296 g/mol. The molecule has 0 heterocycles. The highest BCUT2D eigenvalue weighted by Gasteiger charge is 2.07. The van der Waals surface area contributed by atoms with Crippen LogP contribution in [0.1, 0.15) is 74.7 Å². The third-order valence-electron chi connectivity index (χ3n) is 4.40. The highest BCUT2D eigenvalue weighted by atomic mass is 16.1. The lowest BCUT2D eigenvalue weighted by atomic mass is 9.95. The van der Waals surface area contributed by atoms with E-state index in [0.29, 0.717) is 0 Å². The topological polar surface area (TPSA) is 17.1 Å². The molecule has 0 saturated heterocycles. The van der Waals surface area contributed by atoms with Gasteiger partial charge in [-0.1, -0.05) is 69.7 Å². The van der Waals surface area contributed by atoms with E-state index in [2.05, 4.69) is 31.2 Å². The maximum absolute atomic E-state index is 11.7. The summed E-state index contributed by atoms with van der Waals surface area (Å²) in [7, 11) is 0. The van der Waals surface area contributed by atoms with E-state index >= 15 is 0 Å². The van der Waals surface area contributed by atoms with Gasteiger partial charge in [-0.25, -0.2) is 0 Å². The lowest BCUT2D eigenvalue weighted by Crippen LogP contribution is -1.96. The van der Waals surface area contributed by atoms with E-state index in [1.807, 2.05) is 12.1 Å². The first-order chi connectivity index (χ1) is 10.7. The molecular formula is C21H28O. The largest absolute Gasteiger partial charge is 0.295 e. The van der Waals surface area contributed by atoms with Gasteiger partial charge < -0.3 is 0 Å². The van der Waals surface area contributed by atoms with Crippen molar-refractivity contribution in [3.8, 4) is 0 Å². The van der Waals surface area contributed by atoms with Crippen LogP contribution in [0.2, 0.25) is 0 Å². The fraction of sp³-hybridized carbons (Fsp3) is 0.476. The quantitative estimate of drug-likeness (QED) is 0.390. The van der Waals surface area contributed by atoms with Crippen molar-refractivity contribution < 1.29 is 4.79 Å². The fourth-order valence-electron chi connectivity index (χ4n) is 3.07. The molecule has 0 spiro atoms. The first-order valence-electron chi connectivity index (χ1n) is 8.75. The maximum Gasteiger partial charge on any atom is 0.159 e. The first kappa shape index (κ1) is 16.7. The van der Waals surface area contributed by atoms with Crippen molar-refractivity contribution in [3.63, 3.8) is 0 Å². The van der Waals surface area contributed by atoms with Crippen molar-refractivity contribution in [3.05, 3.63) is 47.5 Å². The van der Waals surface area contributed by atoms with E-state index in [9.17, 15) is 4.79 Å². The summed E-state index contributed by atoms with van der Waals surface area (Å²) in [4.78, 5) is 11.7. The summed E-state index contributed by atoms with van der Waals surface area (Å²) in [6.07, 6.45) is 10.3. The van der Waals surface area contributed by atoms with Gasteiger partial charge in [0.2, 0.25) is 0 Å². The van der Waals surface area contributed by atoms with Crippen LogP contribution in [-0.2, 0) is 6.42 Å². The van der Waals surface area contributed by atoms with E-state index in [4.69, 9.17) is 0 Å². The van der Waals surface area contributed by atoms with Gasteiger partial charge in [0.25, 0.3) is 0 Å². The van der Waals surface area contributed by atoms with Crippen LogP contribution in [0.5, 0.6) is 0 Å². The lowest BCUT2D eigenvalue weighted by molar-refractivity contribution is 0.101. The summed E-state index contributed by atoms with van der Waals surface area (Å²) >= 11 is 0. The van der Waals surface area contributed by atoms with Crippen LogP contribution in [0.25, 0.3) is 10.8 Å². The van der Waals surface area contributed by atoms with E-state index in [1.54, 1.807) is 6.92 Å². The number of aryl methyl sites for hydroxylation is 1. The zero-order valence-electron chi connectivity index (χ0n) is 14.0. The van der Waals surface area contributed by atoms with Gasteiger partial charge in [0, 0.05) is 5.56 Å². The highest BCUT2D eigenvalue weighted by molar-refractivity contribution is 5.99. The van der Waals surface area contributed by atoms with Crippen molar-refractivity contribution in [2.45, 2.75) is 65.2 Å². The number of fused-ring (bicyclic) bond motifs is 1. The molecule has 2 rings (SSSR count). The van der Waals surface area contributed by atoms with Crippen LogP contribution in [0.15, 0.2) is 36.4 Å². The number of hydrogen-bond donors (Lipinski definition) is 0. The van der Waals surface area contributed by atoms with Crippen LogP contribution in [0, 0.1) is 0 Å². The van der Waals surface area contributed by atoms with Crippen molar-refractivity contribution >= 4 is 16.6 Å². The third kappa shape index (κ3) is 4.69. The Balaban J connectivity index is 1.99. The fourth-order valence-corrected chi connectivity index (χ4v) is 3.07. The molecule has 0 fully saturated rings. The second kappa shape index (κ2) is 8.73. The van der Waals surface area contributed by atoms with Crippen LogP contribution >= 0.6 is 0 Å². The minimum Gasteiger partial charge on any atom is -0.295 e. The zero-order chi connectivity index (χ0) is 15.8. The number of hydrogen-bond acceptors (Lipinski definition) is 1. The first-order valence-corrected chi connectivity index (χ1v) is 8.75. The Kier molecular flexibility index (Phi) is 6.64. The number of carbonyl (C=O) groups excluding carboxylic acids is 1. The Bertz CT molecular complexity index is 612. The summed E-state index contributed by atoms with van der Waals surface area (Å²) in [6.45, 7) is 3.91. The SMILES string of the molecule is CCCCCCCCCc1cc(C(C)=O)cc2ccccc12. The number of carbonyl (C=O) groups is 1. The molecule has 0 saturated carbocycles. The Morgan fingerprint density at radius 1 is 0.909 bits per heavy atom. The Labute approximate surface area is 134 Å². The number of rotatable bonds is 9. The molecule has 1 nitrogen and oxygen atoms in total. The Hall–Kier alpha value is -1.63. The van der Waals surface area contributed by atoms with E-state index < -0.39 is 0 Å². The number of benzene rings is 2. The predicted molar refractivity (Wildman–Crippen MR) is 95.6 cm³/mol. The molecule has 0 aliphatic heterocycles. The van der Waals surface area contributed by atoms with Gasteiger partial charge in [-0.3, -0.25) is 4.79 Å².